The zero-order valence-electron chi connectivity index (χ0n) is 22.9. The molecule has 2 aromatic rings. The molecule has 0 aliphatic heterocycles. The average Bonchev–Trinajstić information content (AvgIpc) is 2.80. The van der Waals surface area contributed by atoms with Crippen LogP contribution in [0.5, 0.6) is 5.75 Å². The molecule has 1 fully saturated rings. The number of halogens is 3. The number of amides is 1. The van der Waals surface area contributed by atoms with Crippen molar-refractivity contribution in [3.8, 4) is 5.75 Å². The maximum atomic E-state index is 12.8. The van der Waals surface area contributed by atoms with Crippen LogP contribution in [0.15, 0.2) is 24.4 Å². The number of primary amides is 1. The van der Waals surface area contributed by atoms with Crippen LogP contribution in [0.2, 0.25) is 0 Å². The van der Waals surface area contributed by atoms with E-state index in [1.807, 2.05) is 31.1 Å². The summed E-state index contributed by atoms with van der Waals surface area (Å²) in [5.41, 5.74) is 5.12. The lowest BCUT2D eigenvalue weighted by molar-refractivity contribution is -0.138. The predicted octanol–water partition coefficient (Wildman–Crippen LogP) is 6.48. The van der Waals surface area contributed by atoms with Gasteiger partial charge in [0.25, 0.3) is 0 Å². The molecule has 1 aromatic heterocycles. The summed E-state index contributed by atoms with van der Waals surface area (Å²) in [7, 11) is 5.44. The maximum Gasteiger partial charge on any atom is 0.419 e. The van der Waals surface area contributed by atoms with E-state index in [-0.39, 0.29) is 17.5 Å². The summed E-state index contributed by atoms with van der Waals surface area (Å²) in [6.07, 6.45) is 6.74. The van der Waals surface area contributed by atoms with Crippen molar-refractivity contribution in [1.29, 1.82) is 0 Å². The lowest BCUT2D eigenvalue weighted by atomic mass is 9.86. The van der Waals surface area contributed by atoms with Crippen LogP contribution >= 0.6 is 0 Å². The van der Waals surface area contributed by atoms with Crippen LogP contribution in [-0.2, 0) is 17.5 Å². The number of nitrogens with one attached hydrogen (secondary N) is 1. The molecule has 3 N–H and O–H groups in total. The Kier molecular flexibility index (Phi) is 14.0. The summed E-state index contributed by atoms with van der Waals surface area (Å²) in [5, 5.41) is 2.90. The first-order valence-electron chi connectivity index (χ1n) is 12.6. The fourth-order valence-corrected chi connectivity index (χ4v) is 4.11. The van der Waals surface area contributed by atoms with Crippen molar-refractivity contribution in [3.63, 3.8) is 0 Å². The van der Waals surface area contributed by atoms with Gasteiger partial charge in [-0.15, -0.1) is 0 Å². The first-order valence-corrected chi connectivity index (χ1v) is 12.6. The van der Waals surface area contributed by atoms with Crippen molar-refractivity contribution in [1.82, 2.24) is 14.9 Å². The molecule has 10 heteroatoms. The second-order valence-corrected chi connectivity index (χ2v) is 9.49. The Morgan fingerprint density at radius 2 is 1.84 bits per heavy atom. The molecular weight excluding hydrogens is 483 g/mol. The van der Waals surface area contributed by atoms with Gasteiger partial charge in [-0.1, -0.05) is 57.9 Å². The summed E-state index contributed by atoms with van der Waals surface area (Å²) in [6, 6.07) is 5.55. The van der Waals surface area contributed by atoms with Gasteiger partial charge >= 0.3 is 6.18 Å². The number of aryl methyl sites for hydroxylation is 1. The molecular formula is C27H42F3N5O2. The van der Waals surface area contributed by atoms with Crippen molar-refractivity contribution in [2.75, 3.05) is 26.5 Å². The smallest absolute Gasteiger partial charge is 0.419 e. The number of benzene rings is 1. The number of hydrogen-bond acceptors (Lipinski definition) is 6. The van der Waals surface area contributed by atoms with Gasteiger partial charge in [-0.2, -0.15) is 13.2 Å². The van der Waals surface area contributed by atoms with Gasteiger partial charge in [0.1, 0.15) is 5.75 Å². The summed E-state index contributed by atoms with van der Waals surface area (Å²) >= 11 is 0. The van der Waals surface area contributed by atoms with Crippen LogP contribution in [0.3, 0.4) is 0 Å². The molecule has 3 rings (SSSR count). The molecule has 0 atom stereocenters. The largest absolute Gasteiger partial charge is 0.495 e. The fourth-order valence-electron chi connectivity index (χ4n) is 4.11. The number of carbonyl (C=O) groups excluding carboxylic acids is 1. The van der Waals surface area contributed by atoms with Gasteiger partial charge in [-0.25, -0.2) is 9.97 Å². The number of carbonyl (C=O) groups is 1. The van der Waals surface area contributed by atoms with Gasteiger partial charge in [0.2, 0.25) is 11.9 Å². The molecule has 0 radical (unpaired) electrons. The number of nitrogens with two attached hydrogens (primary N) is 1. The number of methoxy groups -OCH3 is 1. The van der Waals surface area contributed by atoms with E-state index in [0.29, 0.717) is 11.4 Å². The molecule has 208 valence electrons. The van der Waals surface area contributed by atoms with Crippen molar-refractivity contribution >= 4 is 17.5 Å². The van der Waals surface area contributed by atoms with Crippen LogP contribution in [0.4, 0.5) is 24.8 Å². The quantitative estimate of drug-likeness (QED) is 0.430. The highest BCUT2D eigenvalue weighted by molar-refractivity contribution is 5.70. The number of hydrogen-bond donors (Lipinski definition) is 2. The van der Waals surface area contributed by atoms with E-state index >= 15 is 0 Å². The topological polar surface area (TPSA) is 93.4 Å². The number of alkyl halides is 3. The minimum Gasteiger partial charge on any atom is -0.495 e. The van der Waals surface area contributed by atoms with Crippen LogP contribution in [0.1, 0.15) is 75.6 Å². The highest BCUT2D eigenvalue weighted by Gasteiger charge is 2.33. The van der Waals surface area contributed by atoms with Gasteiger partial charge in [0, 0.05) is 19.7 Å². The highest BCUT2D eigenvalue weighted by atomic mass is 19.4. The van der Waals surface area contributed by atoms with Crippen molar-refractivity contribution in [3.05, 3.63) is 41.2 Å². The van der Waals surface area contributed by atoms with Crippen LogP contribution < -0.4 is 15.8 Å². The molecule has 1 aliphatic carbocycles. The maximum absolute atomic E-state index is 12.8. The van der Waals surface area contributed by atoms with E-state index in [1.54, 1.807) is 6.07 Å². The Morgan fingerprint density at radius 1 is 1.22 bits per heavy atom. The molecule has 0 saturated heterocycles. The first-order chi connectivity index (χ1) is 17.4. The van der Waals surface area contributed by atoms with Crippen molar-refractivity contribution in [2.24, 2.45) is 11.7 Å². The minimum absolute atomic E-state index is 0.0826. The third-order valence-corrected chi connectivity index (χ3v) is 5.72. The van der Waals surface area contributed by atoms with Crippen molar-refractivity contribution < 1.29 is 22.7 Å². The second kappa shape index (κ2) is 16.1. The Hall–Kier alpha value is -2.88. The molecule has 0 bridgehead atoms. The SMILES string of the molecule is CC(N)=O.CCCC1CCCCC1.COc1cc(CN(C)C)ccc1Nc1ncc(C(F)(F)F)c(C)n1. The monoisotopic (exact) mass is 525 g/mol. The fraction of sp³-hybridized carbons (Fsp3) is 0.593. The van der Waals surface area contributed by atoms with Gasteiger partial charge in [-0.3, -0.25) is 4.79 Å². The van der Waals surface area contributed by atoms with Crippen LogP contribution in [-0.4, -0.2) is 42.0 Å². The van der Waals surface area contributed by atoms with E-state index < -0.39 is 11.7 Å². The Bertz CT molecular complexity index is 955. The summed E-state index contributed by atoms with van der Waals surface area (Å²) in [5.74, 6) is 1.42. The van der Waals surface area contributed by atoms with Crippen molar-refractivity contribution in [2.45, 2.75) is 78.4 Å². The van der Waals surface area contributed by atoms with E-state index in [4.69, 9.17) is 4.74 Å². The van der Waals surface area contributed by atoms with E-state index in [9.17, 15) is 18.0 Å². The van der Waals surface area contributed by atoms with Gasteiger partial charge in [0.05, 0.1) is 24.1 Å². The van der Waals surface area contributed by atoms with Crippen LogP contribution in [0, 0.1) is 12.8 Å². The molecule has 7 nitrogen and oxygen atoms in total. The van der Waals surface area contributed by atoms with E-state index in [1.165, 1.54) is 65.9 Å². The molecule has 37 heavy (non-hydrogen) atoms. The number of ether oxygens (including phenoxy) is 1. The highest BCUT2D eigenvalue weighted by Crippen LogP contribution is 2.32. The normalized spacial score (nSPS) is 13.7. The van der Waals surface area contributed by atoms with Gasteiger partial charge in [0.15, 0.2) is 0 Å². The molecule has 1 aromatic carbocycles. The van der Waals surface area contributed by atoms with E-state index in [2.05, 4.69) is 27.9 Å². The molecule has 1 amide bonds. The average molecular weight is 526 g/mol. The number of aromatic nitrogens is 2. The van der Waals surface area contributed by atoms with Gasteiger partial charge in [-0.05, 0) is 44.6 Å². The molecule has 1 aliphatic rings. The lowest BCUT2D eigenvalue weighted by Gasteiger charge is -2.20. The summed E-state index contributed by atoms with van der Waals surface area (Å²) < 4.78 is 43.6. The lowest BCUT2D eigenvalue weighted by Crippen LogP contribution is -2.12. The predicted molar refractivity (Wildman–Crippen MR) is 142 cm³/mol. The number of anilines is 2. The minimum atomic E-state index is -4.46. The third-order valence-electron chi connectivity index (χ3n) is 5.72. The zero-order chi connectivity index (χ0) is 28.0. The Morgan fingerprint density at radius 3 is 2.32 bits per heavy atom. The van der Waals surface area contributed by atoms with E-state index in [0.717, 1.165) is 24.2 Å². The number of rotatable bonds is 7. The second-order valence-electron chi connectivity index (χ2n) is 9.49. The molecule has 1 heterocycles. The molecule has 0 spiro atoms. The molecule has 0 unspecified atom stereocenters. The zero-order valence-corrected chi connectivity index (χ0v) is 22.9. The first kappa shape index (κ1) is 32.1. The van der Waals surface area contributed by atoms with Gasteiger partial charge < -0.3 is 20.7 Å². The number of nitrogens with zero attached hydrogens (tertiary/aromatic N) is 3. The third kappa shape index (κ3) is 12.8. The Labute approximate surface area is 219 Å². The molecule has 1 saturated carbocycles. The Balaban J connectivity index is 0.000000432. The summed E-state index contributed by atoms with van der Waals surface area (Å²) in [4.78, 5) is 18.9. The van der Waals surface area contributed by atoms with Crippen LogP contribution in [0.25, 0.3) is 0 Å². The summed E-state index contributed by atoms with van der Waals surface area (Å²) in [6.45, 7) is 5.65. The standard InChI is InChI=1S/C16H19F3N4O.C9H18.C2H5NO/c1-10-12(16(17,18)19)8-20-15(21-10)22-13-6-5-11(9-23(2)3)7-14(13)24-4;1-2-6-9-7-4-3-5-8-9;1-2(3)4/h5-8H,9H2,1-4H3,(H,20,21,22);9H,2-8H2,1H3;1H3,(H2,3,4).